The van der Waals surface area contributed by atoms with E-state index in [0.717, 1.165) is 6.54 Å². The highest BCUT2D eigenvalue weighted by atomic mass is 79.9. The molecule has 1 unspecified atom stereocenters. The topological polar surface area (TPSA) is 29.1 Å². The van der Waals surface area contributed by atoms with Gasteiger partial charge in [-0.15, -0.1) is 0 Å². The number of alkyl halides is 2. The van der Waals surface area contributed by atoms with Crippen molar-refractivity contribution < 1.29 is 4.79 Å². The van der Waals surface area contributed by atoms with E-state index in [1.54, 1.807) is 6.92 Å². The number of Topliss-reactive ketones (excluding diaryl/α,β-unsaturated/α-hetero) is 1. The second-order valence-electron chi connectivity index (χ2n) is 3.30. The number of hydrogen-bond acceptors (Lipinski definition) is 2. The lowest BCUT2D eigenvalue weighted by Crippen LogP contribution is -2.36. The third-order valence-corrected chi connectivity index (χ3v) is 4.85. The summed E-state index contributed by atoms with van der Waals surface area (Å²) < 4.78 is 0.0571. The van der Waals surface area contributed by atoms with E-state index < -0.39 is 0 Å². The molecule has 0 aromatic carbocycles. The molecule has 11 heavy (non-hydrogen) atoms. The van der Waals surface area contributed by atoms with Crippen molar-refractivity contribution in [3.63, 3.8) is 0 Å². The number of halogens is 2. The fourth-order valence-electron chi connectivity index (χ4n) is 1.91. The molecule has 2 rings (SSSR count). The highest BCUT2D eigenvalue weighted by Crippen LogP contribution is 2.65. The quantitative estimate of drug-likeness (QED) is 0.734. The van der Waals surface area contributed by atoms with Gasteiger partial charge in [-0.25, -0.2) is 0 Å². The summed E-state index contributed by atoms with van der Waals surface area (Å²) in [7, 11) is 0. The zero-order valence-corrected chi connectivity index (χ0v) is 9.28. The van der Waals surface area contributed by atoms with Gasteiger partial charge in [0, 0.05) is 18.4 Å². The molecule has 0 spiro atoms. The van der Waals surface area contributed by atoms with Crippen LogP contribution in [0.5, 0.6) is 0 Å². The first-order chi connectivity index (χ1) is 5.05. The van der Waals surface area contributed by atoms with E-state index in [0.29, 0.717) is 11.8 Å². The molecule has 2 aliphatic rings. The molecule has 1 saturated heterocycles. The molecule has 0 aromatic heterocycles. The number of hydrogen-bond donors (Lipinski definition) is 1. The van der Waals surface area contributed by atoms with Crippen LogP contribution in [0.4, 0.5) is 0 Å². The summed E-state index contributed by atoms with van der Waals surface area (Å²) in [6.07, 6.45) is 0. The van der Waals surface area contributed by atoms with Crippen LogP contribution in [0.2, 0.25) is 0 Å². The lowest BCUT2D eigenvalue weighted by atomic mass is 10.1. The highest BCUT2D eigenvalue weighted by Gasteiger charge is 2.68. The number of nitrogens with one attached hydrogen (secondary N) is 1. The molecule has 2 nitrogen and oxygen atoms in total. The Bertz CT molecular complexity index is 216. The number of piperidine rings is 1. The van der Waals surface area contributed by atoms with Crippen molar-refractivity contribution in [1.82, 2.24) is 5.32 Å². The van der Waals surface area contributed by atoms with Crippen LogP contribution in [-0.4, -0.2) is 21.6 Å². The maximum Gasteiger partial charge on any atom is 0.147 e. The fourth-order valence-corrected chi connectivity index (χ4v) is 3.71. The monoisotopic (exact) mass is 281 g/mol. The highest BCUT2D eigenvalue weighted by molar-refractivity contribution is 9.25. The van der Waals surface area contributed by atoms with Gasteiger partial charge in [0.15, 0.2) is 0 Å². The number of ketones is 1. The standard InChI is InChI=1S/C7H9Br2NO/c1-3(11)6-5-4(2-10-6)7(5,8)9/h4-6,10H,2H2,1H3/t4?,5-,6-/m1/s1. The Morgan fingerprint density at radius 1 is 1.64 bits per heavy atom. The van der Waals surface area contributed by atoms with Crippen LogP contribution in [0.3, 0.4) is 0 Å². The van der Waals surface area contributed by atoms with Gasteiger partial charge < -0.3 is 5.32 Å². The summed E-state index contributed by atoms with van der Waals surface area (Å²) in [5.41, 5.74) is 0. The molecule has 3 atom stereocenters. The minimum Gasteiger partial charge on any atom is -0.307 e. The van der Waals surface area contributed by atoms with E-state index in [4.69, 9.17) is 0 Å². The molecular formula is C7H9Br2NO. The van der Waals surface area contributed by atoms with Gasteiger partial charge in [-0.3, -0.25) is 4.79 Å². The largest absolute Gasteiger partial charge is 0.307 e. The Morgan fingerprint density at radius 2 is 2.27 bits per heavy atom. The van der Waals surface area contributed by atoms with Crippen LogP contribution >= 0.6 is 31.9 Å². The minimum absolute atomic E-state index is 0.0571. The Morgan fingerprint density at radius 3 is 2.55 bits per heavy atom. The fraction of sp³-hybridized carbons (Fsp3) is 0.857. The SMILES string of the molecule is CC(=O)[C@H]1NCC2[C@H]1C2(Br)Br. The summed E-state index contributed by atoms with van der Waals surface area (Å²) >= 11 is 7.13. The number of rotatable bonds is 1. The summed E-state index contributed by atoms with van der Waals surface area (Å²) in [4.78, 5) is 11.1. The van der Waals surface area contributed by atoms with Gasteiger partial charge in [-0.2, -0.15) is 0 Å². The second-order valence-corrected chi connectivity index (χ2v) is 6.99. The predicted molar refractivity (Wildman–Crippen MR) is 50.0 cm³/mol. The van der Waals surface area contributed by atoms with Crippen LogP contribution in [0.25, 0.3) is 0 Å². The van der Waals surface area contributed by atoms with Crippen molar-refractivity contribution >= 4 is 37.6 Å². The van der Waals surface area contributed by atoms with Crippen molar-refractivity contribution in [2.24, 2.45) is 11.8 Å². The van der Waals surface area contributed by atoms with E-state index >= 15 is 0 Å². The molecule has 0 bridgehead atoms. The normalized spacial score (nSPS) is 45.2. The zero-order valence-electron chi connectivity index (χ0n) is 6.10. The van der Waals surface area contributed by atoms with Crippen molar-refractivity contribution in [1.29, 1.82) is 0 Å². The Hall–Kier alpha value is 0.590. The molecule has 62 valence electrons. The summed E-state index contributed by atoms with van der Waals surface area (Å²) in [6, 6.07) is 0.0683. The molecule has 1 N–H and O–H groups in total. The molecule has 1 aliphatic heterocycles. The van der Waals surface area contributed by atoms with Crippen LogP contribution in [0.1, 0.15) is 6.92 Å². The first kappa shape index (κ1) is 8.20. The number of carbonyl (C=O) groups excluding carboxylic acids is 1. The first-order valence-electron chi connectivity index (χ1n) is 3.67. The van der Waals surface area contributed by atoms with Gasteiger partial charge in [0.05, 0.1) is 9.28 Å². The smallest absolute Gasteiger partial charge is 0.147 e. The summed E-state index contributed by atoms with van der Waals surface area (Å²) in [5.74, 6) is 1.30. The maximum absolute atomic E-state index is 11.1. The van der Waals surface area contributed by atoms with Gasteiger partial charge in [0.25, 0.3) is 0 Å². The third kappa shape index (κ3) is 1.03. The molecule has 0 aromatic rings. The van der Waals surface area contributed by atoms with Gasteiger partial charge in [-0.1, -0.05) is 31.9 Å². The Kier molecular flexibility index (Phi) is 1.71. The molecule has 0 amide bonds. The van der Waals surface area contributed by atoms with E-state index in [2.05, 4.69) is 37.2 Å². The molecule has 2 fully saturated rings. The summed E-state index contributed by atoms with van der Waals surface area (Å²) in [5, 5.41) is 3.20. The van der Waals surface area contributed by atoms with Crippen molar-refractivity contribution in [2.45, 2.75) is 16.2 Å². The minimum atomic E-state index is 0.0571. The average molecular weight is 283 g/mol. The number of carbonyl (C=O) groups is 1. The van der Waals surface area contributed by atoms with Crippen LogP contribution in [0.15, 0.2) is 0 Å². The second kappa shape index (κ2) is 2.30. The lowest BCUT2D eigenvalue weighted by molar-refractivity contribution is -0.119. The Labute approximate surface area is 82.4 Å². The number of fused-ring (bicyclic) bond motifs is 1. The van der Waals surface area contributed by atoms with Crippen LogP contribution in [-0.2, 0) is 4.79 Å². The lowest BCUT2D eigenvalue weighted by Gasteiger charge is -2.13. The van der Waals surface area contributed by atoms with Crippen molar-refractivity contribution in [2.75, 3.05) is 6.54 Å². The predicted octanol–water partition coefficient (Wildman–Crippen LogP) is 1.28. The molecule has 0 radical (unpaired) electrons. The zero-order chi connectivity index (χ0) is 8.22. The maximum atomic E-state index is 11.1. The summed E-state index contributed by atoms with van der Waals surface area (Å²) in [6.45, 7) is 2.60. The average Bonchev–Trinajstić information content (AvgIpc) is 2.34. The van der Waals surface area contributed by atoms with Gasteiger partial charge in [0.1, 0.15) is 5.78 Å². The van der Waals surface area contributed by atoms with Gasteiger partial charge in [0.2, 0.25) is 0 Å². The molecular weight excluding hydrogens is 274 g/mol. The van der Waals surface area contributed by atoms with Crippen LogP contribution < -0.4 is 5.32 Å². The van der Waals surface area contributed by atoms with E-state index in [-0.39, 0.29) is 15.1 Å². The molecule has 4 heteroatoms. The molecule has 1 saturated carbocycles. The van der Waals surface area contributed by atoms with Crippen LogP contribution in [0, 0.1) is 11.8 Å². The van der Waals surface area contributed by atoms with Crippen molar-refractivity contribution in [3.8, 4) is 0 Å². The third-order valence-electron chi connectivity index (χ3n) is 2.62. The van der Waals surface area contributed by atoms with E-state index in [1.165, 1.54) is 0 Å². The van der Waals surface area contributed by atoms with E-state index in [1.807, 2.05) is 0 Å². The van der Waals surface area contributed by atoms with Gasteiger partial charge in [-0.05, 0) is 6.92 Å². The van der Waals surface area contributed by atoms with E-state index in [9.17, 15) is 4.79 Å². The van der Waals surface area contributed by atoms with Gasteiger partial charge >= 0.3 is 0 Å². The Balaban J connectivity index is 2.13. The van der Waals surface area contributed by atoms with Crippen molar-refractivity contribution in [3.05, 3.63) is 0 Å². The molecule has 1 heterocycles. The molecule has 1 aliphatic carbocycles. The first-order valence-corrected chi connectivity index (χ1v) is 5.25.